The van der Waals surface area contributed by atoms with E-state index in [0.717, 1.165) is 0 Å². The van der Waals surface area contributed by atoms with Gasteiger partial charge in [-0.05, 0) is 6.08 Å². The maximum atomic E-state index is 11.1. The third-order valence-corrected chi connectivity index (χ3v) is 2.13. The number of carbonyl (C=O) groups is 1. The van der Waals surface area contributed by atoms with Gasteiger partial charge < -0.3 is 14.6 Å². The zero-order chi connectivity index (χ0) is 11.8. The maximum absolute atomic E-state index is 11.1. The van der Waals surface area contributed by atoms with E-state index in [0.29, 0.717) is 18.4 Å². The minimum atomic E-state index is -0.604. The molecule has 88 valence electrons. The summed E-state index contributed by atoms with van der Waals surface area (Å²) < 4.78 is 9.63. The van der Waals surface area contributed by atoms with Crippen molar-refractivity contribution < 1.29 is 19.4 Å². The van der Waals surface area contributed by atoms with Gasteiger partial charge in [-0.2, -0.15) is 0 Å². The van der Waals surface area contributed by atoms with E-state index in [2.05, 4.69) is 4.74 Å². The Hall–Kier alpha value is -0.870. The Morgan fingerprint density at radius 3 is 2.53 bits per heavy atom. The average molecular weight is 216 g/mol. The van der Waals surface area contributed by atoms with Gasteiger partial charge in [0.05, 0.1) is 19.3 Å². The highest BCUT2D eigenvalue weighted by Gasteiger charge is 2.24. The van der Waals surface area contributed by atoms with Gasteiger partial charge in [-0.15, -0.1) is 0 Å². The van der Waals surface area contributed by atoms with Crippen molar-refractivity contribution in [2.45, 2.75) is 38.9 Å². The first kappa shape index (κ1) is 14.1. The molecule has 0 aliphatic heterocycles. The number of methoxy groups -OCH3 is 2. The average Bonchev–Trinajstić information content (AvgIpc) is 2.29. The molecule has 0 aromatic heterocycles. The molecule has 0 saturated carbocycles. The molecule has 0 heterocycles. The standard InChI is InChI=1S/C9H14O4.C2H6/c1-12-8-4-6(9(11)13-2)3-7(10)5-8;1-2/h3,7-8,10H,4-5H2,1-2H3;1-2H3/t7-,8?;/m1./s1. The fourth-order valence-corrected chi connectivity index (χ4v) is 1.43. The van der Waals surface area contributed by atoms with Gasteiger partial charge in [-0.1, -0.05) is 13.8 Å². The van der Waals surface area contributed by atoms with Crippen LogP contribution in [0.5, 0.6) is 0 Å². The van der Waals surface area contributed by atoms with Crippen molar-refractivity contribution in [3.8, 4) is 0 Å². The molecule has 1 aliphatic rings. The summed E-state index contributed by atoms with van der Waals surface area (Å²) in [4.78, 5) is 11.1. The Kier molecular flexibility index (Phi) is 6.99. The summed E-state index contributed by atoms with van der Waals surface area (Å²) in [6.45, 7) is 4.00. The Morgan fingerprint density at radius 1 is 1.47 bits per heavy atom. The molecule has 15 heavy (non-hydrogen) atoms. The molecule has 0 bridgehead atoms. The summed E-state index contributed by atoms with van der Waals surface area (Å²) in [5.41, 5.74) is 0.494. The SMILES string of the molecule is CC.COC(=O)C1=C[C@@H](O)CC(OC)C1. The van der Waals surface area contributed by atoms with Crippen LogP contribution in [0.3, 0.4) is 0 Å². The molecule has 1 unspecified atom stereocenters. The number of hydrogen-bond acceptors (Lipinski definition) is 4. The van der Waals surface area contributed by atoms with E-state index in [9.17, 15) is 9.90 Å². The van der Waals surface area contributed by atoms with Crippen LogP contribution in [0.1, 0.15) is 26.7 Å². The fourth-order valence-electron chi connectivity index (χ4n) is 1.43. The predicted octanol–water partition coefficient (Wildman–Crippen LogP) is 1.28. The van der Waals surface area contributed by atoms with Crippen LogP contribution in [-0.2, 0) is 14.3 Å². The van der Waals surface area contributed by atoms with Gasteiger partial charge in [0.1, 0.15) is 0 Å². The van der Waals surface area contributed by atoms with E-state index in [4.69, 9.17) is 4.74 Å². The lowest BCUT2D eigenvalue weighted by molar-refractivity contribution is -0.137. The van der Waals surface area contributed by atoms with Crippen molar-refractivity contribution in [2.75, 3.05) is 14.2 Å². The monoisotopic (exact) mass is 216 g/mol. The molecule has 0 amide bonds. The van der Waals surface area contributed by atoms with Gasteiger partial charge in [0, 0.05) is 25.5 Å². The minimum absolute atomic E-state index is 0.0888. The van der Waals surface area contributed by atoms with E-state index < -0.39 is 6.10 Å². The molecule has 0 radical (unpaired) electrons. The number of carbonyl (C=O) groups excluding carboxylic acids is 1. The molecule has 0 spiro atoms. The van der Waals surface area contributed by atoms with Gasteiger partial charge in [-0.3, -0.25) is 0 Å². The first-order valence-electron chi connectivity index (χ1n) is 5.17. The Bertz CT molecular complexity index is 223. The molecule has 0 aromatic carbocycles. The molecule has 4 nitrogen and oxygen atoms in total. The zero-order valence-electron chi connectivity index (χ0n) is 9.82. The quantitative estimate of drug-likeness (QED) is 0.706. The molecule has 0 saturated heterocycles. The lowest BCUT2D eigenvalue weighted by Gasteiger charge is -2.23. The summed E-state index contributed by atoms with van der Waals surface area (Å²) in [5.74, 6) is -0.388. The molecular weight excluding hydrogens is 196 g/mol. The number of ether oxygens (including phenoxy) is 2. The second-order valence-corrected chi connectivity index (χ2v) is 3.05. The van der Waals surface area contributed by atoms with Gasteiger partial charge in [0.15, 0.2) is 0 Å². The van der Waals surface area contributed by atoms with E-state index in [1.165, 1.54) is 13.2 Å². The highest BCUT2D eigenvalue weighted by atomic mass is 16.5. The highest BCUT2D eigenvalue weighted by molar-refractivity contribution is 5.88. The van der Waals surface area contributed by atoms with Crippen LogP contribution >= 0.6 is 0 Å². The molecule has 1 N–H and O–H groups in total. The third kappa shape index (κ3) is 4.44. The largest absolute Gasteiger partial charge is 0.466 e. The summed E-state index contributed by atoms with van der Waals surface area (Å²) in [6.07, 6.45) is 1.89. The van der Waals surface area contributed by atoms with Gasteiger partial charge in [0.2, 0.25) is 0 Å². The topological polar surface area (TPSA) is 55.8 Å². The van der Waals surface area contributed by atoms with E-state index in [1.54, 1.807) is 7.11 Å². The Balaban J connectivity index is 0.000000921. The van der Waals surface area contributed by atoms with Crippen molar-refractivity contribution in [2.24, 2.45) is 0 Å². The maximum Gasteiger partial charge on any atom is 0.333 e. The van der Waals surface area contributed by atoms with Gasteiger partial charge >= 0.3 is 5.97 Å². The predicted molar refractivity (Wildman–Crippen MR) is 57.5 cm³/mol. The van der Waals surface area contributed by atoms with Gasteiger partial charge in [-0.25, -0.2) is 4.79 Å². The second-order valence-electron chi connectivity index (χ2n) is 3.05. The zero-order valence-corrected chi connectivity index (χ0v) is 9.82. The van der Waals surface area contributed by atoms with Crippen molar-refractivity contribution in [1.29, 1.82) is 0 Å². The van der Waals surface area contributed by atoms with Crippen LogP contribution in [-0.4, -0.2) is 37.5 Å². The fraction of sp³-hybridized carbons (Fsp3) is 0.727. The first-order chi connectivity index (χ1) is 7.17. The smallest absolute Gasteiger partial charge is 0.333 e. The molecule has 0 aromatic rings. The van der Waals surface area contributed by atoms with Crippen molar-refractivity contribution in [1.82, 2.24) is 0 Å². The lowest BCUT2D eigenvalue weighted by Crippen LogP contribution is -2.26. The van der Waals surface area contributed by atoms with Crippen molar-refractivity contribution in [3.05, 3.63) is 11.6 Å². The van der Waals surface area contributed by atoms with E-state index in [1.807, 2.05) is 13.8 Å². The van der Waals surface area contributed by atoms with Crippen LogP contribution in [0.4, 0.5) is 0 Å². The Morgan fingerprint density at radius 2 is 2.07 bits per heavy atom. The molecule has 1 rings (SSSR count). The molecule has 0 fully saturated rings. The van der Waals surface area contributed by atoms with E-state index in [-0.39, 0.29) is 12.1 Å². The van der Waals surface area contributed by atoms with Crippen molar-refractivity contribution in [3.63, 3.8) is 0 Å². The van der Waals surface area contributed by atoms with E-state index >= 15 is 0 Å². The van der Waals surface area contributed by atoms with Crippen LogP contribution in [0, 0.1) is 0 Å². The van der Waals surface area contributed by atoms with Crippen molar-refractivity contribution >= 4 is 5.97 Å². The van der Waals surface area contributed by atoms with Crippen LogP contribution in [0.25, 0.3) is 0 Å². The highest BCUT2D eigenvalue weighted by Crippen LogP contribution is 2.21. The van der Waals surface area contributed by atoms with Gasteiger partial charge in [0.25, 0.3) is 0 Å². The van der Waals surface area contributed by atoms with Crippen LogP contribution < -0.4 is 0 Å². The second kappa shape index (κ2) is 7.43. The summed E-state index contributed by atoms with van der Waals surface area (Å²) in [7, 11) is 2.89. The van der Waals surface area contributed by atoms with Crippen LogP contribution in [0.15, 0.2) is 11.6 Å². The number of aliphatic hydroxyl groups excluding tert-OH is 1. The molecular formula is C11H20O4. The molecule has 4 heteroatoms. The molecule has 1 aliphatic carbocycles. The summed E-state index contributed by atoms with van der Waals surface area (Å²) in [6, 6.07) is 0. The number of aliphatic hydroxyl groups is 1. The normalized spacial score (nSPS) is 24.7. The first-order valence-corrected chi connectivity index (χ1v) is 5.17. The molecule has 2 atom stereocenters. The third-order valence-electron chi connectivity index (χ3n) is 2.13. The summed E-state index contributed by atoms with van der Waals surface area (Å²) in [5, 5.41) is 9.36. The Labute approximate surface area is 90.9 Å². The number of rotatable bonds is 2. The lowest BCUT2D eigenvalue weighted by atomic mass is 9.95. The number of esters is 1. The minimum Gasteiger partial charge on any atom is -0.466 e. The van der Waals surface area contributed by atoms with Crippen LogP contribution in [0.2, 0.25) is 0 Å². The number of hydrogen-bond donors (Lipinski definition) is 1. The summed E-state index contributed by atoms with van der Waals surface area (Å²) >= 11 is 0.